The van der Waals surface area contributed by atoms with E-state index in [1.165, 1.54) is 0 Å². The van der Waals surface area contributed by atoms with Crippen molar-refractivity contribution >= 4 is 10.2 Å². The maximum atomic E-state index is 11.4. The van der Waals surface area contributed by atoms with Gasteiger partial charge >= 0.3 is 0 Å². The average Bonchev–Trinajstić information content (AvgIpc) is 2.28. The zero-order chi connectivity index (χ0) is 11.9. The Morgan fingerprint density at radius 2 is 1.81 bits per heavy atom. The highest BCUT2D eigenvalue weighted by Gasteiger charge is 2.12. The standard InChI is InChI=1S/C9H21N3O3S/c1-2-3-10-16(13,14)11-4-5-12-6-8-15-9-7-12/h10-11H,2-9H2,1H3. The van der Waals surface area contributed by atoms with Crippen LogP contribution in [0.4, 0.5) is 0 Å². The molecule has 1 aliphatic heterocycles. The van der Waals surface area contributed by atoms with Crippen LogP contribution in [-0.2, 0) is 14.9 Å². The van der Waals surface area contributed by atoms with Gasteiger partial charge in [0.2, 0.25) is 0 Å². The van der Waals surface area contributed by atoms with Crippen molar-refractivity contribution in [2.45, 2.75) is 13.3 Å². The lowest BCUT2D eigenvalue weighted by molar-refractivity contribution is 0.0390. The van der Waals surface area contributed by atoms with Gasteiger partial charge in [0, 0.05) is 32.7 Å². The van der Waals surface area contributed by atoms with Gasteiger partial charge in [0.05, 0.1) is 13.2 Å². The van der Waals surface area contributed by atoms with Gasteiger partial charge in [-0.15, -0.1) is 0 Å². The van der Waals surface area contributed by atoms with Gasteiger partial charge in [0.1, 0.15) is 0 Å². The van der Waals surface area contributed by atoms with Crippen LogP contribution in [-0.4, -0.2) is 59.3 Å². The number of nitrogens with zero attached hydrogens (tertiary/aromatic N) is 1. The Morgan fingerprint density at radius 1 is 1.19 bits per heavy atom. The molecule has 6 nitrogen and oxygen atoms in total. The normalized spacial score (nSPS) is 18.8. The van der Waals surface area contributed by atoms with Gasteiger partial charge < -0.3 is 4.74 Å². The molecule has 2 N–H and O–H groups in total. The van der Waals surface area contributed by atoms with Crippen molar-refractivity contribution in [3.63, 3.8) is 0 Å². The fourth-order valence-electron chi connectivity index (χ4n) is 1.45. The summed E-state index contributed by atoms with van der Waals surface area (Å²) in [6.07, 6.45) is 0.796. The Balaban J connectivity index is 2.13. The Bertz CT molecular complexity index is 276. The second-order valence-corrected chi connectivity index (χ2v) is 5.33. The van der Waals surface area contributed by atoms with Crippen LogP contribution in [0.3, 0.4) is 0 Å². The van der Waals surface area contributed by atoms with Crippen molar-refractivity contribution < 1.29 is 13.2 Å². The number of morpholine rings is 1. The fraction of sp³-hybridized carbons (Fsp3) is 1.00. The summed E-state index contributed by atoms with van der Waals surface area (Å²) in [5, 5.41) is 0. The lowest BCUT2D eigenvalue weighted by atomic mass is 10.4. The van der Waals surface area contributed by atoms with E-state index >= 15 is 0 Å². The van der Waals surface area contributed by atoms with Crippen molar-refractivity contribution in [1.82, 2.24) is 14.3 Å². The molecule has 0 aromatic rings. The lowest BCUT2D eigenvalue weighted by Crippen LogP contribution is -2.44. The molecule has 0 amide bonds. The molecule has 0 unspecified atom stereocenters. The number of hydrogen-bond acceptors (Lipinski definition) is 4. The molecule has 0 aromatic heterocycles. The number of hydrogen-bond donors (Lipinski definition) is 2. The summed E-state index contributed by atoms with van der Waals surface area (Å²) in [6.45, 7) is 6.81. The highest BCUT2D eigenvalue weighted by molar-refractivity contribution is 7.87. The molecule has 96 valence electrons. The topological polar surface area (TPSA) is 70.7 Å². The SMILES string of the molecule is CCCNS(=O)(=O)NCCN1CCOCC1. The first-order valence-electron chi connectivity index (χ1n) is 5.68. The fourth-order valence-corrected chi connectivity index (χ4v) is 2.39. The summed E-state index contributed by atoms with van der Waals surface area (Å²) in [6, 6.07) is 0. The quantitative estimate of drug-likeness (QED) is 0.618. The van der Waals surface area contributed by atoms with E-state index < -0.39 is 10.2 Å². The summed E-state index contributed by atoms with van der Waals surface area (Å²) in [4.78, 5) is 2.19. The van der Waals surface area contributed by atoms with E-state index in [4.69, 9.17) is 4.74 Å². The Kier molecular flexibility index (Phi) is 6.22. The molecule has 0 spiro atoms. The van der Waals surface area contributed by atoms with Crippen LogP contribution in [0, 0.1) is 0 Å². The van der Waals surface area contributed by atoms with Gasteiger partial charge in [-0.1, -0.05) is 6.92 Å². The molecule has 0 saturated carbocycles. The minimum absolute atomic E-state index is 0.443. The molecule has 0 aromatic carbocycles. The highest BCUT2D eigenvalue weighted by Crippen LogP contribution is 1.94. The van der Waals surface area contributed by atoms with Crippen LogP contribution < -0.4 is 9.44 Å². The van der Waals surface area contributed by atoms with Crippen LogP contribution >= 0.6 is 0 Å². The van der Waals surface area contributed by atoms with Crippen molar-refractivity contribution in [2.75, 3.05) is 45.9 Å². The van der Waals surface area contributed by atoms with Gasteiger partial charge in [-0.25, -0.2) is 9.44 Å². The van der Waals surface area contributed by atoms with Crippen molar-refractivity contribution in [1.29, 1.82) is 0 Å². The zero-order valence-electron chi connectivity index (χ0n) is 9.74. The van der Waals surface area contributed by atoms with Crippen LogP contribution in [0.15, 0.2) is 0 Å². The molecule has 1 fully saturated rings. The monoisotopic (exact) mass is 251 g/mol. The van der Waals surface area contributed by atoms with Gasteiger partial charge in [-0.2, -0.15) is 8.42 Å². The van der Waals surface area contributed by atoms with Crippen molar-refractivity contribution in [3.05, 3.63) is 0 Å². The number of rotatable bonds is 7. The van der Waals surface area contributed by atoms with E-state index in [0.29, 0.717) is 13.1 Å². The Morgan fingerprint density at radius 3 is 2.44 bits per heavy atom. The molecular weight excluding hydrogens is 230 g/mol. The summed E-state index contributed by atoms with van der Waals surface area (Å²) in [5.41, 5.74) is 0. The van der Waals surface area contributed by atoms with Crippen LogP contribution in [0.25, 0.3) is 0 Å². The van der Waals surface area contributed by atoms with Gasteiger partial charge in [0.25, 0.3) is 10.2 Å². The molecule has 1 saturated heterocycles. The van der Waals surface area contributed by atoms with E-state index in [1.807, 2.05) is 6.92 Å². The van der Waals surface area contributed by atoms with E-state index in [9.17, 15) is 8.42 Å². The maximum Gasteiger partial charge on any atom is 0.276 e. The molecule has 0 bridgehead atoms. The predicted octanol–water partition coefficient (Wildman–Crippen LogP) is -0.847. The van der Waals surface area contributed by atoms with E-state index in [1.54, 1.807) is 0 Å². The van der Waals surface area contributed by atoms with Crippen LogP contribution in [0.5, 0.6) is 0 Å². The van der Waals surface area contributed by atoms with E-state index in [-0.39, 0.29) is 0 Å². The molecule has 0 aliphatic carbocycles. The second kappa shape index (κ2) is 7.18. The highest BCUT2D eigenvalue weighted by atomic mass is 32.2. The Labute approximate surface area is 97.5 Å². The number of ether oxygens (including phenoxy) is 1. The minimum atomic E-state index is -3.30. The average molecular weight is 251 g/mol. The molecule has 7 heteroatoms. The minimum Gasteiger partial charge on any atom is -0.379 e. The van der Waals surface area contributed by atoms with Crippen molar-refractivity contribution in [2.24, 2.45) is 0 Å². The molecule has 16 heavy (non-hydrogen) atoms. The van der Waals surface area contributed by atoms with Gasteiger partial charge in [-0.05, 0) is 6.42 Å². The molecule has 0 atom stereocenters. The summed E-state index contributed by atoms with van der Waals surface area (Å²) in [7, 11) is -3.30. The van der Waals surface area contributed by atoms with Crippen LogP contribution in [0.1, 0.15) is 13.3 Å². The molecule has 0 radical (unpaired) electrons. The maximum absolute atomic E-state index is 11.4. The largest absolute Gasteiger partial charge is 0.379 e. The van der Waals surface area contributed by atoms with Crippen molar-refractivity contribution in [3.8, 4) is 0 Å². The van der Waals surface area contributed by atoms with Gasteiger partial charge in [0.15, 0.2) is 0 Å². The smallest absolute Gasteiger partial charge is 0.276 e. The summed E-state index contributed by atoms with van der Waals surface area (Å²) >= 11 is 0. The summed E-state index contributed by atoms with van der Waals surface area (Å²) < 4.78 is 32.9. The van der Waals surface area contributed by atoms with Crippen LogP contribution in [0.2, 0.25) is 0 Å². The number of nitrogens with one attached hydrogen (secondary N) is 2. The third-order valence-electron chi connectivity index (χ3n) is 2.37. The summed E-state index contributed by atoms with van der Waals surface area (Å²) in [5.74, 6) is 0. The molecule has 1 heterocycles. The predicted molar refractivity (Wildman–Crippen MR) is 62.5 cm³/mol. The van der Waals surface area contributed by atoms with E-state index in [2.05, 4.69) is 14.3 Å². The second-order valence-electron chi connectivity index (χ2n) is 3.75. The Hall–Kier alpha value is -0.210. The van der Waals surface area contributed by atoms with Gasteiger partial charge in [-0.3, -0.25) is 4.90 Å². The molecule has 1 aliphatic rings. The third kappa shape index (κ3) is 5.76. The van der Waals surface area contributed by atoms with E-state index in [0.717, 1.165) is 39.3 Å². The lowest BCUT2D eigenvalue weighted by Gasteiger charge is -2.26. The first-order chi connectivity index (χ1) is 7.64. The molecular formula is C9H21N3O3S. The first-order valence-corrected chi connectivity index (χ1v) is 7.16. The molecule has 1 rings (SSSR count). The third-order valence-corrected chi connectivity index (χ3v) is 3.53. The first kappa shape index (κ1) is 13.9. The zero-order valence-corrected chi connectivity index (χ0v) is 10.6.